The fourth-order valence-corrected chi connectivity index (χ4v) is 3.78. The molecule has 1 N–H and O–H groups in total. The molecule has 1 aromatic heterocycles. The minimum absolute atomic E-state index is 0.638. The average Bonchev–Trinajstić information content (AvgIpc) is 2.79. The van der Waals surface area contributed by atoms with E-state index in [1.165, 1.54) is 22.5 Å². The molecule has 3 heteroatoms. The van der Waals surface area contributed by atoms with E-state index in [1.807, 2.05) is 11.3 Å². The van der Waals surface area contributed by atoms with Gasteiger partial charge in [0.2, 0.25) is 0 Å². The van der Waals surface area contributed by atoms with Crippen LogP contribution in [0.3, 0.4) is 0 Å². The summed E-state index contributed by atoms with van der Waals surface area (Å²) in [5, 5.41) is 4.99. The van der Waals surface area contributed by atoms with Crippen molar-refractivity contribution in [3.05, 3.63) is 29.3 Å². The van der Waals surface area contributed by atoms with Crippen molar-refractivity contribution in [3.63, 3.8) is 0 Å². The number of fused-ring (bicyclic) bond motifs is 1. The van der Waals surface area contributed by atoms with Crippen LogP contribution in [0.15, 0.2) is 24.3 Å². The Morgan fingerprint density at radius 3 is 2.33 bits per heavy atom. The molecule has 0 saturated heterocycles. The van der Waals surface area contributed by atoms with Crippen LogP contribution < -0.4 is 5.32 Å². The highest BCUT2D eigenvalue weighted by molar-refractivity contribution is 7.18. The van der Waals surface area contributed by atoms with Crippen molar-refractivity contribution >= 4 is 21.6 Å². The maximum Gasteiger partial charge on any atom is 0.0951 e. The Kier molecular flexibility index (Phi) is 6.19. The van der Waals surface area contributed by atoms with Crippen LogP contribution in [0.1, 0.15) is 45.5 Å². The molecule has 1 aromatic carbocycles. The lowest BCUT2D eigenvalue weighted by molar-refractivity contribution is 0.361. The van der Waals surface area contributed by atoms with Crippen LogP contribution in [0, 0.1) is 11.8 Å². The first kappa shape index (κ1) is 16.4. The highest BCUT2D eigenvalue weighted by Crippen LogP contribution is 2.21. The number of thiazole rings is 1. The van der Waals surface area contributed by atoms with Gasteiger partial charge in [-0.2, -0.15) is 0 Å². The van der Waals surface area contributed by atoms with Crippen molar-refractivity contribution in [1.29, 1.82) is 0 Å². The zero-order valence-electron chi connectivity index (χ0n) is 13.7. The summed E-state index contributed by atoms with van der Waals surface area (Å²) in [5.74, 6) is 1.51. The molecule has 0 bridgehead atoms. The molecule has 116 valence electrons. The first-order valence-electron chi connectivity index (χ1n) is 8.12. The van der Waals surface area contributed by atoms with E-state index < -0.39 is 0 Å². The van der Waals surface area contributed by atoms with Crippen LogP contribution in [0.25, 0.3) is 10.2 Å². The van der Waals surface area contributed by atoms with E-state index >= 15 is 0 Å². The van der Waals surface area contributed by atoms with Crippen molar-refractivity contribution in [1.82, 2.24) is 10.3 Å². The largest absolute Gasteiger partial charge is 0.314 e. The zero-order valence-corrected chi connectivity index (χ0v) is 14.5. The Balaban J connectivity index is 1.85. The standard InChI is InChI=1S/C18H28N2S/c1-13(2)11-15(12-14(3)4)19-10-9-18-20-16-7-5-6-8-17(16)21-18/h5-8,13-15,19H,9-12H2,1-4H3. The maximum absolute atomic E-state index is 4.71. The molecule has 0 atom stereocenters. The summed E-state index contributed by atoms with van der Waals surface area (Å²) in [6.45, 7) is 10.3. The topological polar surface area (TPSA) is 24.9 Å². The second-order valence-electron chi connectivity index (χ2n) is 6.74. The molecule has 0 unspecified atom stereocenters. The second kappa shape index (κ2) is 7.90. The van der Waals surface area contributed by atoms with Gasteiger partial charge in [-0.3, -0.25) is 0 Å². The molecule has 0 radical (unpaired) electrons. The molecule has 0 fully saturated rings. The third kappa shape index (κ3) is 5.40. The van der Waals surface area contributed by atoms with Gasteiger partial charge in [-0.05, 0) is 36.8 Å². The predicted octanol–water partition coefficient (Wildman–Crippen LogP) is 4.89. The fourth-order valence-electron chi connectivity index (χ4n) is 2.81. The first-order chi connectivity index (χ1) is 10.0. The lowest BCUT2D eigenvalue weighted by atomic mass is 9.95. The molecule has 0 aliphatic heterocycles. The van der Waals surface area contributed by atoms with Crippen LogP contribution in [-0.4, -0.2) is 17.6 Å². The van der Waals surface area contributed by atoms with E-state index in [4.69, 9.17) is 4.98 Å². The van der Waals surface area contributed by atoms with E-state index in [0.29, 0.717) is 6.04 Å². The predicted molar refractivity (Wildman–Crippen MR) is 94.0 cm³/mol. The van der Waals surface area contributed by atoms with Gasteiger partial charge in [-0.1, -0.05) is 39.8 Å². The molecule has 0 aliphatic carbocycles. The summed E-state index contributed by atoms with van der Waals surface area (Å²) < 4.78 is 1.30. The van der Waals surface area contributed by atoms with Gasteiger partial charge in [-0.15, -0.1) is 11.3 Å². The average molecular weight is 305 g/mol. The number of para-hydroxylation sites is 1. The molecular weight excluding hydrogens is 276 g/mol. The van der Waals surface area contributed by atoms with Crippen molar-refractivity contribution in [2.24, 2.45) is 11.8 Å². The Morgan fingerprint density at radius 1 is 1.05 bits per heavy atom. The van der Waals surface area contributed by atoms with Crippen LogP contribution in [-0.2, 0) is 6.42 Å². The van der Waals surface area contributed by atoms with Crippen LogP contribution in [0.2, 0.25) is 0 Å². The summed E-state index contributed by atoms with van der Waals surface area (Å²) in [6, 6.07) is 9.04. The number of aromatic nitrogens is 1. The first-order valence-corrected chi connectivity index (χ1v) is 8.94. The van der Waals surface area contributed by atoms with Gasteiger partial charge in [-0.25, -0.2) is 4.98 Å². The minimum Gasteiger partial charge on any atom is -0.314 e. The van der Waals surface area contributed by atoms with E-state index in [2.05, 4.69) is 57.3 Å². The van der Waals surface area contributed by atoms with E-state index in [9.17, 15) is 0 Å². The normalized spacial score (nSPS) is 12.1. The Bertz CT molecular complexity index is 502. The van der Waals surface area contributed by atoms with Gasteiger partial charge in [0, 0.05) is 19.0 Å². The fraction of sp³-hybridized carbons (Fsp3) is 0.611. The quantitative estimate of drug-likeness (QED) is 0.751. The zero-order chi connectivity index (χ0) is 15.2. The van der Waals surface area contributed by atoms with Crippen LogP contribution >= 0.6 is 11.3 Å². The summed E-state index contributed by atoms with van der Waals surface area (Å²) >= 11 is 1.83. The number of nitrogens with zero attached hydrogens (tertiary/aromatic N) is 1. The van der Waals surface area contributed by atoms with Crippen LogP contribution in [0.4, 0.5) is 0 Å². The van der Waals surface area contributed by atoms with Gasteiger partial charge in [0.15, 0.2) is 0 Å². The SMILES string of the molecule is CC(C)CC(CC(C)C)NCCc1nc2ccccc2s1. The Labute approximate surface area is 133 Å². The van der Waals surface area contributed by atoms with Gasteiger partial charge in [0.05, 0.1) is 15.2 Å². The van der Waals surface area contributed by atoms with E-state index in [0.717, 1.165) is 30.3 Å². The summed E-state index contributed by atoms with van der Waals surface area (Å²) in [4.78, 5) is 4.71. The Hall–Kier alpha value is -0.930. The van der Waals surface area contributed by atoms with Crippen LogP contribution in [0.5, 0.6) is 0 Å². The number of benzene rings is 1. The molecule has 0 amide bonds. The number of rotatable bonds is 8. The highest BCUT2D eigenvalue weighted by Gasteiger charge is 2.12. The molecule has 0 spiro atoms. The molecule has 0 aliphatic rings. The molecule has 21 heavy (non-hydrogen) atoms. The third-order valence-corrected chi connectivity index (χ3v) is 4.72. The molecule has 0 saturated carbocycles. The second-order valence-corrected chi connectivity index (χ2v) is 7.85. The smallest absolute Gasteiger partial charge is 0.0951 e. The van der Waals surface area contributed by atoms with Gasteiger partial charge >= 0.3 is 0 Å². The van der Waals surface area contributed by atoms with Gasteiger partial charge in [0.1, 0.15) is 0 Å². The lowest BCUT2D eigenvalue weighted by Crippen LogP contribution is -2.33. The third-order valence-electron chi connectivity index (χ3n) is 3.62. The monoisotopic (exact) mass is 304 g/mol. The highest BCUT2D eigenvalue weighted by atomic mass is 32.1. The molecule has 2 rings (SSSR count). The number of hydrogen-bond acceptors (Lipinski definition) is 3. The molecule has 1 heterocycles. The molecular formula is C18H28N2S. The summed E-state index contributed by atoms with van der Waals surface area (Å²) in [5.41, 5.74) is 1.14. The van der Waals surface area contributed by atoms with Crippen molar-refractivity contribution in [3.8, 4) is 0 Å². The minimum atomic E-state index is 0.638. The Morgan fingerprint density at radius 2 is 1.71 bits per heavy atom. The summed E-state index contributed by atoms with van der Waals surface area (Å²) in [7, 11) is 0. The van der Waals surface area contributed by atoms with E-state index in [1.54, 1.807) is 0 Å². The molecule has 2 nitrogen and oxygen atoms in total. The lowest BCUT2D eigenvalue weighted by Gasteiger charge is -2.22. The number of nitrogens with one attached hydrogen (secondary N) is 1. The molecule has 2 aromatic rings. The van der Waals surface area contributed by atoms with Crippen molar-refractivity contribution in [2.75, 3.05) is 6.54 Å². The van der Waals surface area contributed by atoms with Gasteiger partial charge < -0.3 is 5.32 Å². The summed E-state index contributed by atoms with van der Waals surface area (Å²) in [6.07, 6.45) is 3.56. The van der Waals surface area contributed by atoms with Gasteiger partial charge in [0.25, 0.3) is 0 Å². The van der Waals surface area contributed by atoms with Crippen molar-refractivity contribution in [2.45, 2.75) is 53.0 Å². The van der Waals surface area contributed by atoms with E-state index in [-0.39, 0.29) is 0 Å². The van der Waals surface area contributed by atoms with Crippen molar-refractivity contribution < 1.29 is 0 Å². The maximum atomic E-state index is 4.71. The number of hydrogen-bond donors (Lipinski definition) is 1.